The van der Waals surface area contributed by atoms with Crippen molar-refractivity contribution in [2.75, 3.05) is 32.8 Å². The van der Waals surface area contributed by atoms with Crippen molar-refractivity contribution in [2.24, 2.45) is 5.92 Å². The van der Waals surface area contributed by atoms with Gasteiger partial charge in [0.15, 0.2) is 0 Å². The molecule has 7 aliphatic rings. The van der Waals surface area contributed by atoms with Gasteiger partial charge in [-0.2, -0.15) is 4.98 Å². The average molecular weight is 843 g/mol. The standard InChI is InChI=1S/C48H51ClN6O6/c1-47(2)33-12-8-29(24-38(33)55-36-5-3-4-35(49)40(36)43(58)51-46(47)55)27-16-20-52(21-17-27)30-9-6-28(7-10-30)44(59)53-22-18-48(19-23-53)26-61-41-32-25-54(37-14-15-39(56)50-42(37)57)45(60)31(32)11-13-34(41)48/h3-5,8,11-13,24,27-28,30,37H,6-7,9-10,14-23,25-26H2,1-2H3,(H,50,56,57)/t28?,30?,37-/m0/s1. The zero-order chi connectivity index (χ0) is 41.9. The van der Waals surface area contributed by atoms with Gasteiger partial charge >= 0.3 is 0 Å². The summed E-state index contributed by atoms with van der Waals surface area (Å²) < 4.78 is 8.53. The highest BCUT2D eigenvalue weighted by atomic mass is 35.5. The Morgan fingerprint density at radius 2 is 1.64 bits per heavy atom. The molecule has 1 spiro atoms. The van der Waals surface area contributed by atoms with Gasteiger partial charge in [-0.3, -0.25) is 33.9 Å². The number of likely N-dealkylation sites (tertiary alicyclic amines) is 2. The molecule has 0 unspecified atom stereocenters. The summed E-state index contributed by atoms with van der Waals surface area (Å²) in [4.78, 5) is 75.7. The molecule has 61 heavy (non-hydrogen) atoms. The molecule has 4 amide bonds. The number of nitrogens with zero attached hydrogens (tertiary/aromatic N) is 5. The quantitative estimate of drug-likeness (QED) is 0.243. The van der Waals surface area contributed by atoms with Gasteiger partial charge in [-0.25, -0.2) is 0 Å². The van der Waals surface area contributed by atoms with E-state index in [1.165, 1.54) is 11.1 Å². The molecule has 1 saturated carbocycles. The van der Waals surface area contributed by atoms with E-state index in [1.54, 1.807) is 11.0 Å². The molecule has 12 nitrogen and oxygen atoms in total. The molecule has 13 heteroatoms. The lowest BCUT2D eigenvalue weighted by molar-refractivity contribution is -0.139. The lowest BCUT2D eigenvalue weighted by atomic mass is 9.73. The van der Waals surface area contributed by atoms with Crippen molar-refractivity contribution in [1.82, 2.24) is 29.6 Å². The number of hydrogen-bond acceptors (Lipinski definition) is 8. The van der Waals surface area contributed by atoms with Crippen LogP contribution in [0.1, 0.15) is 122 Å². The Hall–Kier alpha value is -5.07. The van der Waals surface area contributed by atoms with Gasteiger partial charge in [0.25, 0.3) is 11.5 Å². The number of carbonyl (C=O) groups is 4. The second kappa shape index (κ2) is 14.2. The van der Waals surface area contributed by atoms with Gasteiger partial charge in [0.1, 0.15) is 17.6 Å². The van der Waals surface area contributed by atoms with Crippen LogP contribution in [0.5, 0.6) is 5.75 Å². The van der Waals surface area contributed by atoms with Crippen molar-refractivity contribution in [3.8, 4) is 11.4 Å². The Balaban J connectivity index is 0.696. The molecular formula is C48H51ClN6O6. The van der Waals surface area contributed by atoms with Gasteiger partial charge in [-0.05, 0) is 126 Å². The summed E-state index contributed by atoms with van der Waals surface area (Å²) in [5.41, 5.74) is 6.03. The van der Waals surface area contributed by atoms with E-state index < -0.39 is 17.4 Å². The van der Waals surface area contributed by atoms with Crippen LogP contribution in [0.4, 0.5) is 0 Å². The molecule has 1 aliphatic carbocycles. The van der Waals surface area contributed by atoms with Gasteiger partial charge in [0.2, 0.25) is 17.7 Å². The fraction of sp³-hybridized carbons (Fsp3) is 0.500. The maximum absolute atomic E-state index is 14.0. The van der Waals surface area contributed by atoms with E-state index >= 15 is 0 Å². The molecule has 6 aliphatic heterocycles. The molecule has 3 aromatic carbocycles. The van der Waals surface area contributed by atoms with Crippen LogP contribution < -0.4 is 15.6 Å². The highest BCUT2D eigenvalue weighted by molar-refractivity contribution is 6.35. The van der Waals surface area contributed by atoms with Crippen LogP contribution in [-0.2, 0) is 31.8 Å². The zero-order valence-electron chi connectivity index (χ0n) is 34.8. The second-order valence-corrected chi connectivity index (χ2v) is 19.6. The Morgan fingerprint density at radius 1 is 0.885 bits per heavy atom. The number of hydrogen-bond donors (Lipinski definition) is 1. The summed E-state index contributed by atoms with van der Waals surface area (Å²) in [6.45, 7) is 8.58. The smallest absolute Gasteiger partial charge is 0.282 e. The molecular weight excluding hydrogens is 792 g/mol. The minimum atomic E-state index is -0.661. The SMILES string of the molecule is CC1(C)c2ccc(C3CCN(C4CCC(C(=O)N5CCC6(CC5)COc5c6ccc6c5CN([C@H]5CCC(=O)NC5=O)C6=O)CC4)CC3)cc2-n2c1nc(=O)c1c(Cl)cccc12. The number of rotatable bonds is 4. The van der Waals surface area contributed by atoms with E-state index in [0.717, 1.165) is 98.4 Å². The number of ether oxygens (including phenoxy) is 1. The molecule has 11 rings (SSSR count). The normalized spacial score (nSPS) is 25.6. The molecule has 3 saturated heterocycles. The number of fused-ring (bicyclic) bond motifs is 9. The van der Waals surface area contributed by atoms with E-state index in [-0.39, 0.29) is 35.1 Å². The predicted molar refractivity (Wildman–Crippen MR) is 229 cm³/mol. The largest absolute Gasteiger partial charge is 0.492 e. The number of nitrogens with one attached hydrogen (secondary N) is 1. The van der Waals surface area contributed by atoms with Crippen LogP contribution in [0, 0.1) is 5.92 Å². The maximum Gasteiger partial charge on any atom is 0.282 e. The van der Waals surface area contributed by atoms with Crippen LogP contribution in [0.2, 0.25) is 5.02 Å². The fourth-order valence-corrected chi connectivity index (χ4v) is 12.4. The van der Waals surface area contributed by atoms with Crippen LogP contribution in [-0.4, -0.2) is 92.7 Å². The van der Waals surface area contributed by atoms with E-state index in [2.05, 4.69) is 56.7 Å². The Labute approximate surface area is 359 Å². The number of piperidine rings is 3. The highest BCUT2D eigenvalue weighted by Crippen LogP contribution is 2.50. The van der Waals surface area contributed by atoms with E-state index in [9.17, 15) is 24.0 Å². The number of carbonyl (C=O) groups excluding carboxylic acids is 4. The summed E-state index contributed by atoms with van der Waals surface area (Å²) in [5.74, 6) is 1.42. The van der Waals surface area contributed by atoms with E-state index in [4.69, 9.17) is 16.3 Å². The summed E-state index contributed by atoms with van der Waals surface area (Å²) in [7, 11) is 0. The first-order valence-corrected chi connectivity index (χ1v) is 22.6. The molecule has 4 fully saturated rings. The summed E-state index contributed by atoms with van der Waals surface area (Å²) >= 11 is 6.53. The minimum Gasteiger partial charge on any atom is -0.492 e. The monoisotopic (exact) mass is 842 g/mol. The van der Waals surface area contributed by atoms with Crippen molar-refractivity contribution in [3.63, 3.8) is 0 Å². The topological polar surface area (TPSA) is 134 Å². The van der Waals surface area contributed by atoms with Crippen molar-refractivity contribution >= 4 is 46.1 Å². The number of imide groups is 1. The third-order valence-electron chi connectivity index (χ3n) is 15.7. The molecule has 1 N–H and O–H groups in total. The van der Waals surface area contributed by atoms with Crippen molar-refractivity contribution in [1.29, 1.82) is 0 Å². The number of halogens is 1. The number of amides is 4. The summed E-state index contributed by atoms with van der Waals surface area (Å²) in [6.07, 6.45) is 8.29. The first-order valence-electron chi connectivity index (χ1n) is 22.2. The van der Waals surface area contributed by atoms with Gasteiger partial charge in [-0.1, -0.05) is 35.9 Å². The first-order chi connectivity index (χ1) is 29.4. The molecule has 1 atom stereocenters. The summed E-state index contributed by atoms with van der Waals surface area (Å²) in [5, 5.41) is 3.28. The van der Waals surface area contributed by atoms with Crippen LogP contribution in [0.15, 0.2) is 53.3 Å². The van der Waals surface area contributed by atoms with E-state index in [1.807, 2.05) is 24.3 Å². The van der Waals surface area contributed by atoms with Crippen molar-refractivity contribution < 1.29 is 23.9 Å². The average Bonchev–Trinajstić information content (AvgIpc) is 3.87. The van der Waals surface area contributed by atoms with Crippen LogP contribution in [0.3, 0.4) is 0 Å². The zero-order valence-corrected chi connectivity index (χ0v) is 35.6. The Kier molecular flexibility index (Phi) is 9.06. The first kappa shape index (κ1) is 38.8. The second-order valence-electron chi connectivity index (χ2n) is 19.2. The third-order valence-corrected chi connectivity index (χ3v) is 16.0. The molecule has 4 aromatic rings. The highest BCUT2D eigenvalue weighted by Gasteiger charge is 2.49. The lowest BCUT2D eigenvalue weighted by Gasteiger charge is -2.43. The lowest BCUT2D eigenvalue weighted by Crippen LogP contribution is -2.52. The predicted octanol–water partition coefficient (Wildman–Crippen LogP) is 6.13. The van der Waals surface area contributed by atoms with Gasteiger partial charge in [-0.15, -0.1) is 0 Å². The molecule has 1 aromatic heterocycles. The minimum absolute atomic E-state index is 0.0664. The van der Waals surface area contributed by atoms with Crippen LogP contribution >= 0.6 is 11.6 Å². The Morgan fingerprint density at radius 3 is 2.39 bits per heavy atom. The van der Waals surface area contributed by atoms with Crippen LogP contribution in [0.25, 0.3) is 16.6 Å². The van der Waals surface area contributed by atoms with Gasteiger partial charge in [0.05, 0.1) is 40.2 Å². The summed E-state index contributed by atoms with van der Waals surface area (Å²) in [6, 6.07) is 16.2. The van der Waals surface area contributed by atoms with E-state index in [0.29, 0.717) is 66.5 Å². The molecule has 316 valence electrons. The van der Waals surface area contributed by atoms with Gasteiger partial charge < -0.3 is 19.4 Å². The fourth-order valence-electron chi connectivity index (χ4n) is 12.1. The maximum atomic E-state index is 14.0. The molecule has 7 heterocycles. The Bertz CT molecular complexity index is 2610. The number of benzene rings is 3. The van der Waals surface area contributed by atoms with Crippen molar-refractivity contribution in [2.45, 2.75) is 113 Å². The van der Waals surface area contributed by atoms with Gasteiger partial charge in [0, 0.05) is 53.6 Å². The third kappa shape index (κ3) is 6.02. The molecule has 0 radical (unpaired) electrons. The molecule has 0 bridgehead atoms. The van der Waals surface area contributed by atoms with Crippen molar-refractivity contribution in [3.05, 3.63) is 97.5 Å². The number of aromatic nitrogens is 2.